The molecule has 0 spiro atoms. The van der Waals surface area contributed by atoms with E-state index in [0.717, 1.165) is 0 Å². The minimum atomic E-state index is -0.755. The average Bonchev–Trinajstić information content (AvgIpc) is 2.01. The van der Waals surface area contributed by atoms with Crippen LogP contribution in [-0.2, 0) is 0 Å². The van der Waals surface area contributed by atoms with Crippen LogP contribution in [0.15, 0.2) is 23.7 Å². The van der Waals surface area contributed by atoms with Gasteiger partial charge in [0.05, 0.1) is 0 Å². The predicted molar refractivity (Wildman–Crippen MR) is 36.0 cm³/mol. The monoisotopic (exact) mass is 154 g/mol. The lowest BCUT2D eigenvalue weighted by molar-refractivity contribution is -0.0783. The minimum Gasteiger partial charge on any atom is -0.287 e. The fraction of sp³-hybridized carbons (Fsp3) is 0.286. The maximum atomic E-state index is 12.6. The van der Waals surface area contributed by atoms with Gasteiger partial charge in [-0.25, -0.2) is 9.45 Å². The third-order valence-corrected chi connectivity index (χ3v) is 1.53. The molecule has 58 valence electrons. The second kappa shape index (κ2) is 2.72. The second-order valence-corrected chi connectivity index (χ2v) is 2.24. The van der Waals surface area contributed by atoms with Gasteiger partial charge in [-0.2, -0.15) is 5.26 Å². The highest BCUT2D eigenvalue weighted by molar-refractivity contribution is 5.30. The predicted octanol–water partition coefficient (Wildman–Crippen LogP) is 1.34. The van der Waals surface area contributed by atoms with Crippen molar-refractivity contribution in [1.29, 1.82) is 5.26 Å². The van der Waals surface area contributed by atoms with Crippen LogP contribution in [0.4, 0.5) is 4.39 Å². The Hall–Kier alpha value is -1.34. The van der Waals surface area contributed by atoms with Crippen molar-refractivity contribution in [3.8, 4) is 6.07 Å². The van der Waals surface area contributed by atoms with Gasteiger partial charge in [0.1, 0.15) is 23.6 Å². The van der Waals surface area contributed by atoms with Crippen LogP contribution in [0.25, 0.3) is 0 Å². The summed E-state index contributed by atoms with van der Waals surface area (Å²) in [6, 6.07) is 0.975. The molecule has 3 nitrogen and oxygen atoms in total. The van der Waals surface area contributed by atoms with Crippen molar-refractivity contribution in [2.45, 2.75) is 13.0 Å². The van der Waals surface area contributed by atoms with Crippen molar-refractivity contribution in [3.63, 3.8) is 0 Å². The van der Waals surface area contributed by atoms with Gasteiger partial charge < -0.3 is 0 Å². The molecule has 0 fully saturated rings. The SMILES string of the molecule is CC1C(F)=CC=C(C#N)N1O. The zero-order chi connectivity index (χ0) is 8.43. The number of rotatable bonds is 0. The third kappa shape index (κ3) is 1.23. The van der Waals surface area contributed by atoms with E-state index in [0.29, 0.717) is 5.06 Å². The van der Waals surface area contributed by atoms with Gasteiger partial charge in [0.2, 0.25) is 0 Å². The Morgan fingerprint density at radius 2 is 2.36 bits per heavy atom. The molecule has 0 saturated heterocycles. The molecule has 1 unspecified atom stereocenters. The Morgan fingerprint density at radius 1 is 1.73 bits per heavy atom. The van der Waals surface area contributed by atoms with Gasteiger partial charge in [-0.3, -0.25) is 5.21 Å². The Labute approximate surface area is 63.6 Å². The van der Waals surface area contributed by atoms with Crippen LogP contribution in [-0.4, -0.2) is 16.3 Å². The van der Waals surface area contributed by atoms with Gasteiger partial charge in [0, 0.05) is 0 Å². The molecule has 0 aromatic carbocycles. The molecule has 1 aliphatic rings. The Bertz CT molecular complexity index is 264. The van der Waals surface area contributed by atoms with Crippen LogP contribution in [0, 0.1) is 11.3 Å². The molecule has 0 aromatic heterocycles. The van der Waals surface area contributed by atoms with E-state index in [1.54, 1.807) is 6.07 Å². The highest BCUT2D eigenvalue weighted by atomic mass is 19.1. The summed E-state index contributed by atoms with van der Waals surface area (Å²) in [6.07, 6.45) is 2.41. The molecule has 1 heterocycles. The molecule has 0 radical (unpaired) electrons. The molecule has 1 N–H and O–H groups in total. The summed E-state index contributed by atoms with van der Waals surface area (Å²) in [5, 5.41) is 18.1. The van der Waals surface area contributed by atoms with E-state index < -0.39 is 11.9 Å². The smallest absolute Gasteiger partial charge is 0.141 e. The Kier molecular flexibility index (Phi) is 1.92. The molecular formula is C7H7FN2O. The summed E-state index contributed by atoms with van der Waals surface area (Å²) in [6.45, 7) is 1.47. The molecule has 0 aromatic rings. The highest BCUT2D eigenvalue weighted by Gasteiger charge is 2.21. The number of nitriles is 1. The van der Waals surface area contributed by atoms with Crippen molar-refractivity contribution in [1.82, 2.24) is 5.06 Å². The number of nitrogens with zero attached hydrogens (tertiary/aromatic N) is 2. The van der Waals surface area contributed by atoms with E-state index in [9.17, 15) is 4.39 Å². The standard InChI is InChI=1S/C7H7FN2O/c1-5-7(8)3-2-6(4-9)10(5)11/h2-3,5,11H,1H3. The molecule has 0 amide bonds. The summed E-state index contributed by atoms with van der Waals surface area (Å²) in [4.78, 5) is 0. The van der Waals surface area contributed by atoms with Crippen LogP contribution < -0.4 is 0 Å². The summed E-state index contributed by atoms with van der Waals surface area (Å²) >= 11 is 0. The van der Waals surface area contributed by atoms with Gasteiger partial charge in [-0.05, 0) is 19.1 Å². The first-order chi connectivity index (χ1) is 5.16. The molecule has 4 heteroatoms. The molecule has 0 bridgehead atoms. The average molecular weight is 154 g/mol. The van der Waals surface area contributed by atoms with E-state index in [4.69, 9.17) is 10.5 Å². The summed E-state index contributed by atoms with van der Waals surface area (Å²) < 4.78 is 12.6. The third-order valence-electron chi connectivity index (χ3n) is 1.53. The van der Waals surface area contributed by atoms with E-state index in [-0.39, 0.29) is 5.70 Å². The lowest BCUT2D eigenvalue weighted by atomic mass is 10.2. The highest BCUT2D eigenvalue weighted by Crippen LogP contribution is 2.19. The van der Waals surface area contributed by atoms with Crippen LogP contribution in [0.1, 0.15) is 6.92 Å². The van der Waals surface area contributed by atoms with E-state index in [1.807, 2.05) is 0 Å². The number of hydrogen-bond donors (Lipinski definition) is 1. The molecular weight excluding hydrogens is 147 g/mol. The maximum absolute atomic E-state index is 12.6. The molecule has 1 rings (SSSR count). The largest absolute Gasteiger partial charge is 0.287 e. The van der Waals surface area contributed by atoms with E-state index in [1.165, 1.54) is 19.1 Å². The van der Waals surface area contributed by atoms with Gasteiger partial charge >= 0.3 is 0 Å². The number of hydrogen-bond acceptors (Lipinski definition) is 3. The van der Waals surface area contributed by atoms with Crippen LogP contribution >= 0.6 is 0 Å². The van der Waals surface area contributed by atoms with Crippen molar-refractivity contribution in [2.24, 2.45) is 0 Å². The van der Waals surface area contributed by atoms with E-state index in [2.05, 4.69) is 0 Å². The first kappa shape index (κ1) is 7.76. The van der Waals surface area contributed by atoms with Crippen LogP contribution in [0.2, 0.25) is 0 Å². The number of halogens is 1. The molecule has 0 saturated carbocycles. The summed E-state index contributed by atoms with van der Waals surface area (Å²) in [5.74, 6) is -0.452. The fourth-order valence-corrected chi connectivity index (χ4v) is 0.788. The topological polar surface area (TPSA) is 47.3 Å². The molecule has 1 aliphatic heterocycles. The van der Waals surface area contributed by atoms with Gasteiger partial charge in [-0.15, -0.1) is 0 Å². The zero-order valence-electron chi connectivity index (χ0n) is 5.95. The Balaban J connectivity index is 2.95. The second-order valence-electron chi connectivity index (χ2n) is 2.24. The van der Waals surface area contributed by atoms with Gasteiger partial charge in [0.25, 0.3) is 0 Å². The first-order valence-corrected chi connectivity index (χ1v) is 3.12. The molecule has 1 atom stereocenters. The van der Waals surface area contributed by atoms with Gasteiger partial charge in [0.15, 0.2) is 0 Å². The molecule has 11 heavy (non-hydrogen) atoms. The summed E-state index contributed by atoms with van der Waals surface area (Å²) in [7, 11) is 0. The molecule has 0 aliphatic carbocycles. The van der Waals surface area contributed by atoms with Gasteiger partial charge in [-0.1, -0.05) is 0 Å². The fourth-order valence-electron chi connectivity index (χ4n) is 0.788. The normalized spacial score (nSPS) is 23.8. The zero-order valence-corrected chi connectivity index (χ0v) is 5.95. The Morgan fingerprint density at radius 3 is 2.91 bits per heavy atom. The van der Waals surface area contributed by atoms with Crippen LogP contribution in [0.3, 0.4) is 0 Å². The maximum Gasteiger partial charge on any atom is 0.141 e. The lowest BCUT2D eigenvalue weighted by Crippen LogP contribution is -2.31. The van der Waals surface area contributed by atoms with Crippen molar-refractivity contribution >= 4 is 0 Å². The van der Waals surface area contributed by atoms with E-state index >= 15 is 0 Å². The quantitative estimate of drug-likeness (QED) is 0.572. The number of allylic oxidation sites excluding steroid dienone is 3. The van der Waals surface area contributed by atoms with Crippen molar-refractivity contribution in [3.05, 3.63) is 23.7 Å². The van der Waals surface area contributed by atoms with Crippen LogP contribution in [0.5, 0.6) is 0 Å². The minimum absolute atomic E-state index is 0.0545. The first-order valence-electron chi connectivity index (χ1n) is 3.12. The van der Waals surface area contributed by atoms with Crippen molar-refractivity contribution < 1.29 is 9.60 Å². The van der Waals surface area contributed by atoms with Crippen molar-refractivity contribution in [2.75, 3.05) is 0 Å². The summed E-state index contributed by atoms with van der Waals surface area (Å²) in [5.41, 5.74) is 0.0545. The number of hydroxylamine groups is 2. The lowest BCUT2D eigenvalue weighted by Gasteiger charge is -2.24.